The van der Waals surface area contributed by atoms with Gasteiger partial charge < -0.3 is 25.8 Å². The molecule has 2 rings (SSSR count). The molecule has 1 amide bonds. The number of rotatable bonds is 8. The van der Waals surface area contributed by atoms with Crippen molar-refractivity contribution in [2.24, 2.45) is 10.9 Å². The summed E-state index contributed by atoms with van der Waals surface area (Å²) in [5, 5.41) is 23.9. The lowest BCUT2D eigenvalue weighted by Crippen LogP contribution is -2.27. The van der Waals surface area contributed by atoms with E-state index in [1.165, 1.54) is 30.5 Å². The first-order chi connectivity index (χ1) is 12.0. The number of aliphatic hydroxyl groups excluding tert-OH is 1. The molecule has 0 saturated carbocycles. The molecule has 0 fully saturated rings. The first-order valence-corrected chi connectivity index (χ1v) is 7.62. The number of hydrogen-bond acceptors (Lipinski definition) is 6. The Morgan fingerprint density at radius 2 is 2.08 bits per heavy atom. The highest BCUT2D eigenvalue weighted by atomic mass is 19.1. The number of amides is 1. The minimum Gasteiger partial charge on any atom is -0.444 e. The van der Waals surface area contributed by atoms with Crippen molar-refractivity contribution in [1.29, 1.82) is 0 Å². The lowest BCUT2D eigenvalue weighted by molar-refractivity contribution is -0.121. The normalized spacial score (nSPS) is 12.8. The Morgan fingerprint density at radius 1 is 1.36 bits per heavy atom. The van der Waals surface area contributed by atoms with Gasteiger partial charge in [-0.1, -0.05) is 5.16 Å². The van der Waals surface area contributed by atoms with E-state index < -0.39 is 6.10 Å². The van der Waals surface area contributed by atoms with Crippen LogP contribution in [0.2, 0.25) is 0 Å². The Morgan fingerprint density at radius 3 is 2.76 bits per heavy atom. The first-order valence-electron chi connectivity index (χ1n) is 7.62. The molecule has 1 aromatic carbocycles. The van der Waals surface area contributed by atoms with Crippen LogP contribution in [-0.2, 0) is 4.79 Å². The number of carbonyl (C=O) groups excluding carboxylic acids is 1. The number of carbonyl (C=O) groups is 1. The molecular weight excluding hydrogens is 331 g/mol. The molecule has 1 aromatic heterocycles. The van der Waals surface area contributed by atoms with Gasteiger partial charge in [-0.2, -0.15) is 0 Å². The maximum Gasteiger partial charge on any atom is 0.226 e. The minimum absolute atomic E-state index is 0.0221. The summed E-state index contributed by atoms with van der Waals surface area (Å²) in [6.07, 6.45) is 0.885. The predicted molar refractivity (Wildman–Crippen MR) is 87.1 cm³/mol. The van der Waals surface area contributed by atoms with Crippen molar-refractivity contribution in [3.63, 3.8) is 0 Å². The summed E-state index contributed by atoms with van der Waals surface area (Å²) >= 11 is 0. The third-order valence-electron chi connectivity index (χ3n) is 3.43. The van der Waals surface area contributed by atoms with Gasteiger partial charge in [0.15, 0.2) is 0 Å². The van der Waals surface area contributed by atoms with Gasteiger partial charge in [-0.05, 0) is 30.7 Å². The summed E-state index contributed by atoms with van der Waals surface area (Å²) in [7, 11) is 0. The van der Waals surface area contributed by atoms with Gasteiger partial charge in [0, 0.05) is 24.9 Å². The molecule has 0 aliphatic rings. The van der Waals surface area contributed by atoms with E-state index in [9.17, 15) is 14.3 Å². The van der Waals surface area contributed by atoms with Crippen LogP contribution in [0.1, 0.15) is 31.1 Å². The van der Waals surface area contributed by atoms with Crippen LogP contribution in [0.4, 0.5) is 4.39 Å². The zero-order valence-electron chi connectivity index (χ0n) is 13.4. The highest BCUT2D eigenvalue weighted by molar-refractivity contribution is 5.85. The van der Waals surface area contributed by atoms with Crippen LogP contribution in [0.25, 0.3) is 11.5 Å². The van der Waals surface area contributed by atoms with Crippen LogP contribution in [0, 0.1) is 5.82 Å². The van der Waals surface area contributed by atoms with Crippen LogP contribution in [0.15, 0.2) is 40.1 Å². The van der Waals surface area contributed by atoms with Crippen molar-refractivity contribution in [3.05, 3.63) is 42.0 Å². The largest absolute Gasteiger partial charge is 0.444 e. The average molecular weight is 350 g/mol. The molecule has 0 aliphatic heterocycles. The van der Waals surface area contributed by atoms with Crippen molar-refractivity contribution in [3.8, 4) is 11.5 Å². The highest BCUT2D eigenvalue weighted by Gasteiger charge is 2.15. The fraction of sp³-hybridized carbons (Fsp3) is 0.312. The van der Waals surface area contributed by atoms with Crippen molar-refractivity contribution in [2.45, 2.75) is 25.4 Å². The molecule has 1 unspecified atom stereocenters. The zero-order valence-corrected chi connectivity index (χ0v) is 13.4. The molecule has 2 aromatic rings. The Balaban J connectivity index is 1.80. The van der Waals surface area contributed by atoms with Crippen molar-refractivity contribution < 1.29 is 23.9 Å². The fourth-order valence-electron chi connectivity index (χ4n) is 2.04. The lowest BCUT2D eigenvalue weighted by atomic mass is 10.2. The predicted octanol–water partition coefficient (Wildman–Crippen LogP) is 1.55. The van der Waals surface area contributed by atoms with Crippen molar-refractivity contribution in [1.82, 2.24) is 10.3 Å². The SMILES string of the molecule is N/C(CCC(=O)NCCC(O)c1coc(-c2ccc(F)cc2)n1)=N\O. The van der Waals surface area contributed by atoms with Gasteiger partial charge in [0.25, 0.3) is 0 Å². The molecule has 0 spiro atoms. The monoisotopic (exact) mass is 350 g/mol. The van der Waals surface area contributed by atoms with E-state index in [2.05, 4.69) is 15.5 Å². The molecule has 8 nitrogen and oxygen atoms in total. The van der Waals surface area contributed by atoms with E-state index in [0.29, 0.717) is 11.3 Å². The van der Waals surface area contributed by atoms with E-state index in [1.54, 1.807) is 0 Å². The molecule has 5 N–H and O–H groups in total. The number of hydrogen-bond donors (Lipinski definition) is 4. The number of benzene rings is 1. The van der Waals surface area contributed by atoms with Gasteiger partial charge in [-0.3, -0.25) is 4.79 Å². The molecule has 0 bridgehead atoms. The Hall–Kier alpha value is -2.94. The van der Waals surface area contributed by atoms with Crippen LogP contribution in [-0.4, -0.2) is 33.6 Å². The number of amidine groups is 1. The van der Waals surface area contributed by atoms with Gasteiger partial charge in [0.2, 0.25) is 11.8 Å². The zero-order chi connectivity index (χ0) is 18.2. The maximum atomic E-state index is 12.9. The standard InChI is InChI=1S/C16H19FN4O4/c17-11-3-1-10(2-4-11)16-20-12(9-25-16)13(22)7-8-19-15(23)6-5-14(18)21-24/h1-4,9,13,22,24H,5-8H2,(H2,18,21)(H,19,23). The van der Waals surface area contributed by atoms with Gasteiger partial charge in [-0.15, -0.1) is 0 Å². The van der Waals surface area contributed by atoms with E-state index >= 15 is 0 Å². The number of halogens is 1. The number of aliphatic hydroxyl groups is 1. The highest BCUT2D eigenvalue weighted by Crippen LogP contribution is 2.22. The quantitative estimate of drug-likeness (QED) is 0.247. The molecular formula is C16H19FN4O4. The minimum atomic E-state index is -0.915. The van der Waals surface area contributed by atoms with E-state index in [1.807, 2.05) is 0 Å². The number of nitrogens with zero attached hydrogens (tertiary/aromatic N) is 2. The van der Waals surface area contributed by atoms with Crippen LogP contribution in [0.3, 0.4) is 0 Å². The number of aromatic nitrogens is 1. The van der Waals surface area contributed by atoms with Crippen LogP contribution < -0.4 is 11.1 Å². The lowest BCUT2D eigenvalue weighted by Gasteiger charge is -2.08. The van der Waals surface area contributed by atoms with Crippen molar-refractivity contribution >= 4 is 11.7 Å². The Kier molecular flexibility index (Phi) is 6.47. The first kappa shape index (κ1) is 18.4. The second kappa shape index (κ2) is 8.78. The molecule has 1 heterocycles. The van der Waals surface area contributed by atoms with Crippen molar-refractivity contribution in [2.75, 3.05) is 6.54 Å². The van der Waals surface area contributed by atoms with Gasteiger partial charge in [-0.25, -0.2) is 9.37 Å². The Labute approximate surface area is 143 Å². The number of oxazole rings is 1. The summed E-state index contributed by atoms with van der Waals surface area (Å²) in [5.41, 5.74) is 6.19. The fourth-order valence-corrected chi connectivity index (χ4v) is 2.04. The second-order valence-corrected chi connectivity index (χ2v) is 5.33. The average Bonchev–Trinajstić information content (AvgIpc) is 3.10. The molecule has 9 heteroatoms. The number of oxime groups is 1. The molecule has 134 valence electrons. The summed E-state index contributed by atoms with van der Waals surface area (Å²) in [6, 6.07) is 5.64. The summed E-state index contributed by atoms with van der Waals surface area (Å²) in [6.45, 7) is 0.231. The summed E-state index contributed by atoms with van der Waals surface area (Å²) in [4.78, 5) is 15.7. The molecule has 0 radical (unpaired) electrons. The summed E-state index contributed by atoms with van der Waals surface area (Å²) < 4.78 is 18.2. The van der Waals surface area contributed by atoms with Crippen LogP contribution in [0.5, 0.6) is 0 Å². The molecule has 0 saturated heterocycles. The topological polar surface area (TPSA) is 134 Å². The van der Waals surface area contributed by atoms with Gasteiger partial charge >= 0.3 is 0 Å². The van der Waals surface area contributed by atoms with E-state index in [4.69, 9.17) is 15.4 Å². The number of nitrogens with one attached hydrogen (secondary N) is 1. The summed E-state index contributed by atoms with van der Waals surface area (Å²) in [5.74, 6) is -0.382. The number of nitrogens with two attached hydrogens (primary N) is 1. The maximum absolute atomic E-state index is 12.9. The third-order valence-corrected chi connectivity index (χ3v) is 3.43. The second-order valence-electron chi connectivity index (χ2n) is 5.33. The van der Waals surface area contributed by atoms with Gasteiger partial charge in [0.1, 0.15) is 29.7 Å². The Bertz CT molecular complexity index is 730. The van der Waals surface area contributed by atoms with E-state index in [0.717, 1.165) is 0 Å². The smallest absolute Gasteiger partial charge is 0.226 e. The van der Waals surface area contributed by atoms with Gasteiger partial charge in [0.05, 0.1) is 0 Å². The van der Waals surface area contributed by atoms with Crippen LogP contribution >= 0.6 is 0 Å². The molecule has 25 heavy (non-hydrogen) atoms. The third kappa shape index (κ3) is 5.57. The van der Waals surface area contributed by atoms with E-state index in [-0.39, 0.29) is 49.3 Å². The molecule has 1 atom stereocenters. The molecule has 0 aliphatic carbocycles.